The standard InChI is InChI=1S/C18H25N5OS/c1-12-8-9-15(10-14(12)3)23-18(20-21-22-23)25-11-17(24)19-16-7-5-4-6-13(16)2/h8-10,13,16H,4-7,11H2,1-3H3,(H,19,24)/t13-,16+/m1/s1. The van der Waals surface area contributed by atoms with Gasteiger partial charge in [-0.05, 0) is 66.3 Å². The highest BCUT2D eigenvalue weighted by molar-refractivity contribution is 7.99. The normalized spacial score (nSPS) is 20.4. The third kappa shape index (κ3) is 4.39. The molecule has 25 heavy (non-hydrogen) atoms. The molecule has 0 saturated heterocycles. The lowest BCUT2D eigenvalue weighted by Crippen LogP contribution is -2.41. The molecule has 2 aromatic rings. The van der Waals surface area contributed by atoms with Crippen LogP contribution in [0.4, 0.5) is 0 Å². The lowest BCUT2D eigenvalue weighted by molar-refractivity contribution is -0.119. The van der Waals surface area contributed by atoms with Crippen LogP contribution in [0.2, 0.25) is 0 Å². The fraction of sp³-hybridized carbons (Fsp3) is 0.556. The molecule has 1 heterocycles. The molecule has 0 aliphatic heterocycles. The van der Waals surface area contributed by atoms with Crippen molar-refractivity contribution in [1.29, 1.82) is 0 Å². The van der Waals surface area contributed by atoms with Crippen molar-refractivity contribution in [3.63, 3.8) is 0 Å². The van der Waals surface area contributed by atoms with Crippen molar-refractivity contribution in [1.82, 2.24) is 25.5 Å². The lowest BCUT2D eigenvalue weighted by Gasteiger charge is -2.29. The summed E-state index contributed by atoms with van der Waals surface area (Å²) in [6, 6.07) is 6.40. The third-order valence-electron chi connectivity index (χ3n) is 4.97. The van der Waals surface area contributed by atoms with Gasteiger partial charge in [-0.1, -0.05) is 37.6 Å². The molecule has 134 valence electrons. The van der Waals surface area contributed by atoms with Crippen LogP contribution in [-0.2, 0) is 4.79 Å². The number of aromatic nitrogens is 4. The van der Waals surface area contributed by atoms with Gasteiger partial charge in [0.05, 0.1) is 11.4 Å². The number of tetrazole rings is 1. The summed E-state index contributed by atoms with van der Waals surface area (Å²) < 4.78 is 1.69. The predicted molar refractivity (Wildman–Crippen MR) is 98.9 cm³/mol. The minimum Gasteiger partial charge on any atom is -0.352 e. The number of benzene rings is 1. The van der Waals surface area contributed by atoms with Crippen LogP contribution in [0, 0.1) is 19.8 Å². The molecule has 1 aliphatic carbocycles. The second-order valence-electron chi connectivity index (χ2n) is 6.87. The maximum Gasteiger partial charge on any atom is 0.230 e. The molecule has 1 amide bonds. The molecule has 1 N–H and O–H groups in total. The number of hydrogen-bond acceptors (Lipinski definition) is 5. The van der Waals surface area contributed by atoms with Gasteiger partial charge in [0.15, 0.2) is 0 Å². The molecule has 1 saturated carbocycles. The number of carbonyl (C=O) groups is 1. The van der Waals surface area contributed by atoms with Gasteiger partial charge >= 0.3 is 0 Å². The maximum atomic E-state index is 12.3. The average Bonchev–Trinajstić information content (AvgIpc) is 3.06. The van der Waals surface area contributed by atoms with Crippen LogP contribution < -0.4 is 5.32 Å². The number of nitrogens with one attached hydrogen (secondary N) is 1. The number of nitrogens with zero attached hydrogens (tertiary/aromatic N) is 4. The fourth-order valence-electron chi connectivity index (χ4n) is 3.20. The average molecular weight is 359 g/mol. The number of carbonyl (C=O) groups excluding carboxylic acids is 1. The molecule has 2 atom stereocenters. The number of rotatable bonds is 5. The molecule has 0 radical (unpaired) electrons. The van der Waals surface area contributed by atoms with E-state index in [1.807, 2.05) is 6.07 Å². The van der Waals surface area contributed by atoms with E-state index in [1.54, 1.807) is 4.68 Å². The van der Waals surface area contributed by atoms with Gasteiger partial charge in [-0.15, -0.1) is 5.10 Å². The van der Waals surface area contributed by atoms with Crippen LogP contribution in [0.5, 0.6) is 0 Å². The molecule has 1 aliphatic rings. The second kappa shape index (κ2) is 7.99. The smallest absolute Gasteiger partial charge is 0.230 e. The van der Waals surface area contributed by atoms with Crippen LogP contribution in [0.1, 0.15) is 43.7 Å². The molecule has 0 spiro atoms. The van der Waals surface area contributed by atoms with Crippen molar-refractivity contribution in [3.8, 4) is 5.69 Å². The molecule has 0 unspecified atom stereocenters. The van der Waals surface area contributed by atoms with Crippen molar-refractivity contribution in [2.24, 2.45) is 5.92 Å². The van der Waals surface area contributed by atoms with Crippen LogP contribution in [0.15, 0.2) is 23.4 Å². The Hall–Kier alpha value is -1.89. The fourth-order valence-corrected chi connectivity index (χ4v) is 3.90. The van der Waals surface area contributed by atoms with E-state index in [0.717, 1.165) is 12.1 Å². The van der Waals surface area contributed by atoms with Gasteiger partial charge in [0.1, 0.15) is 0 Å². The van der Waals surface area contributed by atoms with Gasteiger partial charge in [0.2, 0.25) is 11.1 Å². The monoisotopic (exact) mass is 359 g/mol. The predicted octanol–water partition coefficient (Wildman–Crippen LogP) is 3.07. The lowest BCUT2D eigenvalue weighted by atomic mass is 9.86. The highest BCUT2D eigenvalue weighted by Crippen LogP contribution is 2.24. The first-order chi connectivity index (χ1) is 12.0. The topological polar surface area (TPSA) is 72.7 Å². The minimum atomic E-state index is 0.0541. The summed E-state index contributed by atoms with van der Waals surface area (Å²) in [4.78, 5) is 12.3. The van der Waals surface area contributed by atoms with Crippen molar-refractivity contribution < 1.29 is 4.79 Å². The summed E-state index contributed by atoms with van der Waals surface area (Å²) in [7, 11) is 0. The Bertz CT molecular complexity index is 745. The van der Waals surface area contributed by atoms with E-state index in [0.29, 0.717) is 22.9 Å². The highest BCUT2D eigenvalue weighted by atomic mass is 32.2. The van der Waals surface area contributed by atoms with E-state index in [9.17, 15) is 4.79 Å². The molecule has 6 nitrogen and oxygen atoms in total. The van der Waals surface area contributed by atoms with E-state index in [1.165, 1.54) is 42.2 Å². The number of aryl methyl sites for hydroxylation is 2. The Labute approximate surface area is 152 Å². The Kier molecular flexibility index (Phi) is 5.73. The molecule has 7 heteroatoms. The van der Waals surface area contributed by atoms with E-state index in [-0.39, 0.29) is 5.91 Å². The quantitative estimate of drug-likeness (QED) is 0.831. The van der Waals surface area contributed by atoms with Crippen LogP contribution in [-0.4, -0.2) is 37.9 Å². The van der Waals surface area contributed by atoms with E-state index >= 15 is 0 Å². The SMILES string of the molecule is Cc1ccc(-n2nnnc2SCC(=O)N[C@H]2CCCC[C@H]2C)cc1C. The van der Waals surface area contributed by atoms with Gasteiger partial charge in [-0.25, -0.2) is 0 Å². The van der Waals surface area contributed by atoms with Gasteiger partial charge in [0, 0.05) is 6.04 Å². The Balaban J connectivity index is 1.61. The highest BCUT2D eigenvalue weighted by Gasteiger charge is 2.23. The first kappa shape index (κ1) is 17.9. The summed E-state index contributed by atoms with van der Waals surface area (Å²) in [5.74, 6) is 0.941. The zero-order chi connectivity index (χ0) is 17.8. The second-order valence-corrected chi connectivity index (χ2v) is 7.81. The Morgan fingerprint density at radius 1 is 1.28 bits per heavy atom. The molecule has 0 bridgehead atoms. The van der Waals surface area contributed by atoms with E-state index in [2.05, 4.69) is 53.7 Å². The summed E-state index contributed by atoms with van der Waals surface area (Å²) >= 11 is 1.37. The number of hydrogen-bond donors (Lipinski definition) is 1. The molecule has 1 fully saturated rings. The maximum absolute atomic E-state index is 12.3. The summed E-state index contributed by atoms with van der Waals surface area (Å²) in [6.07, 6.45) is 4.75. The zero-order valence-electron chi connectivity index (χ0n) is 15.0. The van der Waals surface area contributed by atoms with Gasteiger partial charge in [-0.3, -0.25) is 4.79 Å². The van der Waals surface area contributed by atoms with Crippen molar-refractivity contribution in [2.75, 3.05) is 5.75 Å². The van der Waals surface area contributed by atoms with Crippen LogP contribution >= 0.6 is 11.8 Å². The molecule has 1 aromatic carbocycles. The molecule has 1 aromatic heterocycles. The Morgan fingerprint density at radius 3 is 2.84 bits per heavy atom. The largest absolute Gasteiger partial charge is 0.352 e. The first-order valence-electron chi connectivity index (χ1n) is 8.83. The van der Waals surface area contributed by atoms with Crippen LogP contribution in [0.3, 0.4) is 0 Å². The summed E-state index contributed by atoms with van der Waals surface area (Å²) in [5.41, 5.74) is 3.33. The van der Waals surface area contributed by atoms with Gasteiger partial charge < -0.3 is 5.32 Å². The molecular weight excluding hydrogens is 334 g/mol. The first-order valence-corrected chi connectivity index (χ1v) is 9.81. The zero-order valence-corrected chi connectivity index (χ0v) is 15.8. The number of thioether (sulfide) groups is 1. The van der Waals surface area contributed by atoms with E-state index < -0.39 is 0 Å². The minimum absolute atomic E-state index is 0.0541. The Morgan fingerprint density at radius 2 is 2.08 bits per heavy atom. The third-order valence-corrected chi connectivity index (χ3v) is 5.89. The summed E-state index contributed by atoms with van der Waals surface area (Å²) in [6.45, 7) is 6.36. The van der Waals surface area contributed by atoms with Crippen molar-refractivity contribution >= 4 is 17.7 Å². The van der Waals surface area contributed by atoms with Crippen molar-refractivity contribution in [3.05, 3.63) is 29.3 Å². The summed E-state index contributed by atoms with van der Waals surface area (Å²) in [5, 5.41) is 15.7. The van der Waals surface area contributed by atoms with Gasteiger partial charge in [-0.2, -0.15) is 4.68 Å². The van der Waals surface area contributed by atoms with Crippen LogP contribution in [0.25, 0.3) is 5.69 Å². The molecular formula is C18H25N5OS. The number of amides is 1. The molecule has 3 rings (SSSR count). The van der Waals surface area contributed by atoms with E-state index in [4.69, 9.17) is 0 Å². The van der Waals surface area contributed by atoms with Crippen molar-refractivity contribution in [2.45, 2.75) is 57.7 Å². The van der Waals surface area contributed by atoms with Gasteiger partial charge in [0.25, 0.3) is 0 Å².